The molecule has 2 heteroatoms. The summed E-state index contributed by atoms with van der Waals surface area (Å²) in [6, 6.07) is 7.21. The van der Waals surface area contributed by atoms with Crippen LogP contribution in [0.5, 0.6) is 0 Å². The normalized spacial score (nSPS) is 16.4. The summed E-state index contributed by atoms with van der Waals surface area (Å²) >= 11 is 0. The predicted octanol–water partition coefficient (Wildman–Crippen LogP) is 3.22. The predicted molar refractivity (Wildman–Crippen MR) is 74.3 cm³/mol. The monoisotopic (exact) mass is 232 g/mol. The van der Waals surface area contributed by atoms with E-state index in [1.54, 1.807) is 0 Å². The van der Waals surface area contributed by atoms with Crippen molar-refractivity contribution in [2.24, 2.45) is 5.73 Å². The second kappa shape index (κ2) is 5.54. The number of anilines is 1. The largest absolute Gasteiger partial charge is 0.368 e. The molecule has 1 aromatic carbocycles. The van der Waals surface area contributed by atoms with Crippen LogP contribution in [0.15, 0.2) is 18.2 Å². The molecular formula is C15H24N2. The van der Waals surface area contributed by atoms with E-state index in [1.807, 2.05) is 0 Å². The third-order valence-electron chi connectivity index (χ3n) is 3.93. The number of aryl methyl sites for hydroxylation is 1. The first-order valence-electron chi connectivity index (χ1n) is 6.83. The summed E-state index contributed by atoms with van der Waals surface area (Å²) in [5.41, 5.74) is 9.93. The lowest BCUT2D eigenvalue weighted by atomic mass is 10.0. The summed E-state index contributed by atoms with van der Waals surface area (Å²) in [6.07, 6.45) is 5.44. The molecule has 2 N–H and O–H groups in total. The fourth-order valence-electron chi connectivity index (χ4n) is 3.11. The van der Waals surface area contributed by atoms with Gasteiger partial charge in [0.05, 0.1) is 0 Å². The van der Waals surface area contributed by atoms with Crippen molar-refractivity contribution in [3.05, 3.63) is 29.3 Å². The van der Waals surface area contributed by atoms with Crippen molar-refractivity contribution in [3.8, 4) is 0 Å². The van der Waals surface area contributed by atoms with Crippen LogP contribution < -0.4 is 10.6 Å². The molecule has 0 aromatic heterocycles. The highest BCUT2D eigenvalue weighted by molar-refractivity contribution is 5.60. The summed E-state index contributed by atoms with van der Waals surface area (Å²) in [4.78, 5) is 2.57. The van der Waals surface area contributed by atoms with Gasteiger partial charge in [-0.1, -0.05) is 31.0 Å². The van der Waals surface area contributed by atoms with Crippen LogP contribution in [-0.2, 0) is 6.54 Å². The van der Waals surface area contributed by atoms with Gasteiger partial charge in [0.25, 0.3) is 0 Å². The van der Waals surface area contributed by atoms with Gasteiger partial charge in [0, 0.05) is 24.8 Å². The van der Waals surface area contributed by atoms with E-state index in [9.17, 15) is 0 Å². The van der Waals surface area contributed by atoms with Gasteiger partial charge >= 0.3 is 0 Å². The summed E-state index contributed by atoms with van der Waals surface area (Å²) in [5.74, 6) is 0. The van der Waals surface area contributed by atoms with E-state index in [4.69, 9.17) is 5.73 Å². The van der Waals surface area contributed by atoms with Gasteiger partial charge in [-0.3, -0.25) is 0 Å². The van der Waals surface area contributed by atoms with E-state index in [2.05, 4.69) is 36.9 Å². The average Bonchev–Trinajstić information content (AvgIpc) is 2.86. The maximum Gasteiger partial charge on any atom is 0.0443 e. The molecule has 17 heavy (non-hydrogen) atoms. The molecule has 1 aromatic rings. The second-order valence-electron chi connectivity index (χ2n) is 5.01. The fourth-order valence-corrected chi connectivity index (χ4v) is 3.11. The third kappa shape index (κ3) is 2.47. The molecule has 2 nitrogen and oxygen atoms in total. The van der Waals surface area contributed by atoms with Crippen molar-refractivity contribution < 1.29 is 0 Å². The maximum absolute atomic E-state index is 5.88. The Kier molecular flexibility index (Phi) is 4.06. The molecule has 0 unspecified atom stereocenters. The van der Waals surface area contributed by atoms with Crippen molar-refractivity contribution in [1.82, 2.24) is 0 Å². The van der Waals surface area contributed by atoms with E-state index >= 15 is 0 Å². The van der Waals surface area contributed by atoms with Gasteiger partial charge in [0.2, 0.25) is 0 Å². The number of rotatable bonds is 4. The zero-order valence-electron chi connectivity index (χ0n) is 11.1. The van der Waals surface area contributed by atoms with E-state index in [0.717, 1.165) is 12.6 Å². The molecule has 0 atom stereocenters. The Morgan fingerprint density at radius 3 is 2.59 bits per heavy atom. The molecule has 1 aliphatic rings. The summed E-state index contributed by atoms with van der Waals surface area (Å²) in [6.45, 7) is 6.18. The van der Waals surface area contributed by atoms with Crippen molar-refractivity contribution in [2.45, 2.75) is 52.1 Å². The van der Waals surface area contributed by atoms with Crippen molar-refractivity contribution in [1.29, 1.82) is 0 Å². The van der Waals surface area contributed by atoms with Gasteiger partial charge < -0.3 is 10.6 Å². The van der Waals surface area contributed by atoms with Gasteiger partial charge in [-0.05, 0) is 37.8 Å². The lowest BCUT2D eigenvalue weighted by Crippen LogP contribution is -2.34. The Labute approximate surface area is 105 Å². The minimum Gasteiger partial charge on any atom is -0.368 e. The summed E-state index contributed by atoms with van der Waals surface area (Å²) in [7, 11) is 0. The van der Waals surface area contributed by atoms with Gasteiger partial charge in [-0.2, -0.15) is 0 Å². The van der Waals surface area contributed by atoms with E-state index < -0.39 is 0 Å². The minimum absolute atomic E-state index is 0.639. The Hall–Kier alpha value is -1.02. The summed E-state index contributed by atoms with van der Waals surface area (Å²) < 4.78 is 0. The van der Waals surface area contributed by atoms with Crippen LogP contribution in [0.4, 0.5) is 5.69 Å². The number of para-hydroxylation sites is 1. The van der Waals surface area contributed by atoms with Crippen LogP contribution in [0.25, 0.3) is 0 Å². The van der Waals surface area contributed by atoms with Crippen LogP contribution >= 0.6 is 0 Å². The molecule has 0 aliphatic heterocycles. The minimum atomic E-state index is 0.639. The molecule has 0 heterocycles. The number of hydrogen-bond donors (Lipinski definition) is 1. The quantitative estimate of drug-likeness (QED) is 0.863. The SMILES string of the molecule is CCN(c1c(C)cccc1CN)C1CCCC1. The maximum atomic E-state index is 5.88. The fraction of sp³-hybridized carbons (Fsp3) is 0.600. The molecule has 0 bridgehead atoms. The van der Waals surface area contributed by atoms with Crippen LogP contribution in [0.3, 0.4) is 0 Å². The molecule has 0 spiro atoms. The van der Waals surface area contributed by atoms with Gasteiger partial charge in [-0.25, -0.2) is 0 Å². The number of hydrogen-bond acceptors (Lipinski definition) is 2. The lowest BCUT2D eigenvalue weighted by Gasteiger charge is -2.33. The molecule has 1 saturated carbocycles. The Bertz CT molecular complexity index is 367. The summed E-state index contributed by atoms with van der Waals surface area (Å²) in [5, 5.41) is 0. The van der Waals surface area contributed by atoms with E-state index in [-0.39, 0.29) is 0 Å². The highest BCUT2D eigenvalue weighted by Crippen LogP contribution is 2.32. The molecule has 1 aliphatic carbocycles. The zero-order valence-corrected chi connectivity index (χ0v) is 11.1. The molecule has 1 fully saturated rings. The van der Waals surface area contributed by atoms with Crippen molar-refractivity contribution in [3.63, 3.8) is 0 Å². The highest BCUT2D eigenvalue weighted by Gasteiger charge is 2.23. The van der Waals surface area contributed by atoms with Crippen LogP contribution in [0, 0.1) is 6.92 Å². The number of nitrogens with zero attached hydrogens (tertiary/aromatic N) is 1. The smallest absolute Gasteiger partial charge is 0.0443 e. The molecule has 94 valence electrons. The van der Waals surface area contributed by atoms with Gasteiger partial charge in [0.15, 0.2) is 0 Å². The number of nitrogens with two attached hydrogens (primary N) is 1. The Balaban J connectivity index is 2.35. The first-order valence-corrected chi connectivity index (χ1v) is 6.83. The molecular weight excluding hydrogens is 208 g/mol. The Morgan fingerprint density at radius 1 is 1.29 bits per heavy atom. The average molecular weight is 232 g/mol. The lowest BCUT2D eigenvalue weighted by molar-refractivity contribution is 0.616. The van der Waals surface area contributed by atoms with Crippen LogP contribution in [0.2, 0.25) is 0 Å². The van der Waals surface area contributed by atoms with Crippen LogP contribution in [0.1, 0.15) is 43.7 Å². The van der Waals surface area contributed by atoms with Gasteiger partial charge in [-0.15, -0.1) is 0 Å². The molecule has 0 radical (unpaired) electrons. The topological polar surface area (TPSA) is 29.3 Å². The first kappa shape index (κ1) is 12.4. The standard InChI is InChI=1S/C15H24N2/c1-3-17(14-9-4-5-10-14)15-12(2)7-6-8-13(15)11-16/h6-8,14H,3-5,9-11,16H2,1-2H3. The highest BCUT2D eigenvalue weighted by atomic mass is 15.2. The van der Waals surface area contributed by atoms with Crippen LogP contribution in [-0.4, -0.2) is 12.6 Å². The van der Waals surface area contributed by atoms with E-state index in [0.29, 0.717) is 6.54 Å². The first-order chi connectivity index (χ1) is 8.27. The zero-order chi connectivity index (χ0) is 12.3. The van der Waals surface area contributed by atoms with Crippen molar-refractivity contribution in [2.75, 3.05) is 11.4 Å². The second-order valence-corrected chi connectivity index (χ2v) is 5.01. The van der Waals surface area contributed by atoms with Crippen molar-refractivity contribution >= 4 is 5.69 Å². The molecule has 2 rings (SSSR count). The molecule has 0 amide bonds. The third-order valence-corrected chi connectivity index (χ3v) is 3.93. The van der Waals surface area contributed by atoms with Gasteiger partial charge in [0.1, 0.15) is 0 Å². The molecule has 0 saturated heterocycles. The Morgan fingerprint density at radius 2 is 2.00 bits per heavy atom. The van der Waals surface area contributed by atoms with E-state index in [1.165, 1.54) is 42.5 Å². The number of benzene rings is 1.